The summed E-state index contributed by atoms with van der Waals surface area (Å²) in [4.78, 5) is 19.8. The maximum absolute atomic E-state index is 5.31. The number of pyridine rings is 4. The van der Waals surface area contributed by atoms with E-state index in [1.165, 1.54) is 61.0 Å². The van der Waals surface area contributed by atoms with Gasteiger partial charge in [0.15, 0.2) is 0 Å². The zero-order chi connectivity index (χ0) is 28.6. The van der Waals surface area contributed by atoms with E-state index in [1.54, 1.807) is 0 Å². The number of nitrogens with zero attached hydrogens (tertiary/aromatic N) is 4. The lowest BCUT2D eigenvalue weighted by Crippen LogP contribution is -2.51. The molecule has 0 aromatic carbocycles. The fraction of sp³-hybridized carbons (Fsp3) is 0.474. The van der Waals surface area contributed by atoms with Crippen LogP contribution < -0.4 is 0 Å². The van der Waals surface area contributed by atoms with Gasteiger partial charge in [0, 0.05) is 35.6 Å². The van der Waals surface area contributed by atoms with Gasteiger partial charge < -0.3 is 0 Å². The highest BCUT2D eigenvalue weighted by molar-refractivity contribution is 5.57. The minimum absolute atomic E-state index is 0.366. The number of unbranched alkanes of at least 4 members (excludes halogenated alkanes) is 1. The van der Waals surface area contributed by atoms with Crippen LogP contribution in [0.1, 0.15) is 112 Å². The van der Waals surface area contributed by atoms with E-state index in [4.69, 9.17) is 9.97 Å². The average Bonchev–Trinajstić information content (AvgIpc) is 3.02. The van der Waals surface area contributed by atoms with Crippen molar-refractivity contribution in [1.82, 2.24) is 19.9 Å². The Labute approximate surface area is 250 Å². The molecule has 0 N–H and O–H groups in total. The van der Waals surface area contributed by atoms with Crippen LogP contribution >= 0.6 is 0 Å². The zero-order valence-corrected chi connectivity index (χ0v) is 25.4. The van der Waals surface area contributed by atoms with Gasteiger partial charge in [0.2, 0.25) is 0 Å². The molecule has 0 amide bonds. The van der Waals surface area contributed by atoms with Crippen molar-refractivity contribution in [3.63, 3.8) is 0 Å². The SMILES string of the molecule is CC1(C)[C@@H]2C[C@H]1c1ccc(-c3ccccn3)nc1[C@H]2CCCC[C@@H]1c2nc(-c3ccccn3)ccc2[C@@H]2C[C@H]1C2(C)C. The van der Waals surface area contributed by atoms with Crippen molar-refractivity contribution in [1.29, 1.82) is 0 Å². The Hall–Kier alpha value is -3.40. The molecule has 0 radical (unpaired) electrons. The predicted octanol–water partition coefficient (Wildman–Crippen LogP) is 9.32. The predicted molar refractivity (Wildman–Crippen MR) is 168 cm³/mol. The van der Waals surface area contributed by atoms with Crippen molar-refractivity contribution in [3.05, 3.63) is 95.6 Å². The van der Waals surface area contributed by atoms with Gasteiger partial charge in [-0.25, -0.2) is 0 Å². The number of hydrogen-bond acceptors (Lipinski definition) is 4. The van der Waals surface area contributed by atoms with Crippen LogP contribution in [-0.4, -0.2) is 19.9 Å². The summed E-state index contributed by atoms with van der Waals surface area (Å²) in [6.07, 6.45) is 11.3. The van der Waals surface area contributed by atoms with Crippen LogP contribution in [0, 0.1) is 22.7 Å². The number of rotatable bonds is 7. The van der Waals surface area contributed by atoms with E-state index in [-0.39, 0.29) is 0 Å². The van der Waals surface area contributed by atoms with Crippen LogP contribution in [0.3, 0.4) is 0 Å². The van der Waals surface area contributed by atoms with Crippen molar-refractivity contribution in [2.24, 2.45) is 22.7 Å². The summed E-state index contributed by atoms with van der Waals surface area (Å²) in [5, 5.41) is 0. The van der Waals surface area contributed by atoms with Gasteiger partial charge in [-0.2, -0.15) is 0 Å². The normalized spacial score (nSPS) is 29.0. The van der Waals surface area contributed by atoms with Crippen LogP contribution in [0.5, 0.6) is 0 Å². The molecule has 6 aliphatic carbocycles. The first-order chi connectivity index (χ1) is 20.3. The summed E-state index contributed by atoms with van der Waals surface area (Å²) in [6, 6.07) is 21.4. The Balaban J connectivity index is 1.03. The maximum atomic E-state index is 5.31. The summed E-state index contributed by atoms with van der Waals surface area (Å²) in [5.74, 6) is 3.83. The molecule has 2 fully saturated rings. The van der Waals surface area contributed by atoms with Crippen molar-refractivity contribution >= 4 is 0 Å². The standard InChI is InChI=1S/C38H42N4/c1-37(2)27-21-29(37)25-15-17-33(31-13-7-9-19-39-31)41-35(25)23(27)11-5-6-12-24-28-22-30(38(28,3)4)26-16-18-34(42-36(24)26)32-14-8-10-20-40-32/h7-10,13-20,23-24,27-30H,5-6,11-12,21-22H2,1-4H3/t23-,24-,27+,28+,29-,30-/m0/s1. The van der Waals surface area contributed by atoms with Gasteiger partial charge in [0.25, 0.3) is 0 Å². The van der Waals surface area contributed by atoms with E-state index in [0.717, 1.165) is 34.6 Å². The van der Waals surface area contributed by atoms with Gasteiger partial charge in [0.1, 0.15) is 0 Å². The topological polar surface area (TPSA) is 51.6 Å². The van der Waals surface area contributed by atoms with Crippen LogP contribution in [0.25, 0.3) is 22.8 Å². The minimum Gasteiger partial charge on any atom is -0.255 e. The molecule has 6 aliphatic rings. The summed E-state index contributed by atoms with van der Waals surface area (Å²) in [7, 11) is 0. The van der Waals surface area contributed by atoms with Crippen molar-refractivity contribution < 1.29 is 0 Å². The molecular weight excluding hydrogens is 512 g/mol. The van der Waals surface area contributed by atoms with Crippen LogP contribution in [0.15, 0.2) is 73.1 Å². The average molecular weight is 555 g/mol. The molecule has 4 bridgehead atoms. The molecular formula is C38H42N4. The van der Waals surface area contributed by atoms with E-state index in [0.29, 0.717) is 34.5 Å². The summed E-state index contributed by atoms with van der Waals surface area (Å²) in [6.45, 7) is 9.97. The van der Waals surface area contributed by atoms with Gasteiger partial charge in [-0.3, -0.25) is 19.9 Å². The molecule has 4 nitrogen and oxygen atoms in total. The van der Waals surface area contributed by atoms with E-state index in [9.17, 15) is 0 Å². The van der Waals surface area contributed by atoms with Crippen LogP contribution in [-0.2, 0) is 0 Å². The fourth-order valence-electron chi connectivity index (χ4n) is 9.59. The molecule has 2 saturated carbocycles. The third kappa shape index (κ3) is 3.86. The van der Waals surface area contributed by atoms with Gasteiger partial charge in [-0.15, -0.1) is 0 Å². The van der Waals surface area contributed by atoms with E-state index >= 15 is 0 Å². The second kappa shape index (κ2) is 9.56. The van der Waals surface area contributed by atoms with E-state index in [1.807, 2.05) is 24.5 Å². The summed E-state index contributed by atoms with van der Waals surface area (Å²) < 4.78 is 0. The Morgan fingerprint density at radius 3 is 1.40 bits per heavy atom. The largest absolute Gasteiger partial charge is 0.255 e. The lowest BCUT2D eigenvalue weighted by molar-refractivity contribution is -0.0140. The van der Waals surface area contributed by atoms with Gasteiger partial charge in [0.05, 0.1) is 22.8 Å². The third-order valence-electron chi connectivity index (χ3n) is 12.2. The highest BCUT2D eigenvalue weighted by atomic mass is 14.8. The third-order valence-corrected chi connectivity index (χ3v) is 12.2. The monoisotopic (exact) mass is 554 g/mol. The highest BCUT2D eigenvalue weighted by Crippen LogP contribution is 2.68. The summed E-state index contributed by atoms with van der Waals surface area (Å²) in [5.41, 5.74) is 10.5. The molecule has 4 heterocycles. The second-order valence-electron chi connectivity index (χ2n) is 14.7. The second-order valence-corrected chi connectivity index (χ2v) is 14.7. The van der Waals surface area contributed by atoms with E-state index < -0.39 is 0 Å². The van der Waals surface area contributed by atoms with Crippen molar-refractivity contribution in [2.75, 3.05) is 0 Å². The molecule has 6 atom stereocenters. The molecule has 0 aliphatic heterocycles. The highest BCUT2D eigenvalue weighted by Gasteiger charge is 2.58. The number of aromatic nitrogens is 4. The summed E-state index contributed by atoms with van der Waals surface area (Å²) >= 11 is 0. The van der Waals surface area contributed by atoms with E-state index in [2.05, 4.69) is 86.2 Å². The van der Waals surface area contributed by atoms with Gasteiger partial charge in [-0.05, 0) is 108 Å². The lowest BCUT2D eigenvalue weighted by Gasteiger charge is -2.60. The molecule has 214 valence electrons. The van der Waals surface area contributed by atoms with Crippen LogP contribution in [0.4, 0.5) is 0 Å². The Bertz CT molecular complexity index is 1500. The Morgan fingerprint density at radius 2 is 1.02 bits per heavy atom. The minimum atomic E-state index is 0.366. The quantitative estimate of drug-likeness (QED) is 0.214. The molecule has 0 unspecified atom stereocenters. The molecule has 4 heteroatoms. The van der Waals surface area contributed by atoms with Crippen molar-refractivity contribution in [3.8, 4) is 22.8 Å². The number of hydrogen-bond donors (Lipinski definition) is 0. The van der Waals surface area contributed by atoms with Crippen LogP contribution in [0.2, 0.25) is 0 Å². The first-order valence-electron chi connectivity index (χ1n) is 16.2. The first kappa shape index (κ1) is 26.2. The lowest BCUT2D eigenvalue weighted by atomic mass is 9.44. The first-order valence-corrected chi connectivity index (χ1v) is 16.2. The Kier molecular flexibility index (Phi) is 5.97. The zero-order valence-electron chi connectivity index (χ0n) is 25.4. The van der Waals surface area contributed by atoms with Gasteiger partial charge in [-0.1, -0.05) is 64.8 Å². The molecule has 4 aromatic heterocycles. The molecule has 42 heavy (non-hydrogen) atoms. The van der Waals surface area contributed by atoms with Crippen molar-refractivity contribution in [2.45, 2.75) is 89.9 Å². The Morgan fingerprint density at radius 1 is 0.571 bits per heavy atom. The molecule has 4 aromatic rings. The molecule has 10 rings (SSSR count). The maximum Gasteiger partial charge on any atom is 0.0889 e. The smallest absolute Gasteiger partial charge is 0.0889 e. The van der Waals surface area contributed by atoms with Gasteiger partial charge >= 0.3 is 0 Å². The molecule has 0 saturated heterocycles. The fourth-order valence-corrected chi connectivity index (χ4v) is 9.59. The molecule has 0 spiro atoms.